The molecule has 0 aliphatic carbocycles. The first kappa shape index (κ1) is 50.7. The fraction of sp³-hybridized carbons (Fsp3) is 0.722. The Hall–Kier alpha value is -3.22. The molecular formula is C36H50N4O22P4+4. The third kappa shape index (κ3) is 12.9. The van der Waals surface area contributed by atoms with E-state index in [-0.39, 0.29) is 63.4 Å². The van der Waals surface area contributed by atoms with Crippen LogP contribution in [0.4, 0.5) is 0 Å². The average molecular weight is 1010 g/mol. The zero-order valence-corrected chi connectivity index (χ0v) is 39.3. The van der Waals surface area contributed by atoms with E-state index in [1.807, 2.05) is 0 Å². The minimum Gasteiger partial charge on any atom is -0.390 e. The number of ether oxygens (including phenoxy) is 5. The van der Waals surface area contributed by atoms with Crippen LogP contribution in [0.5, 0.6) is 0 Å². The highest BCUT2D eigenvalue weighted by Crippen LogP contribution is 2.43. The summed E-state index contributed by atoms with van der Waals surface area (Å²) in [5, 5.41) is 9.98. The number of hydrogen-bond donors (Lipinski definition) is 3. The molecule has 5 aliphatic rings. The van der Waals surface area contributed by atoms with Crippen LogP contribution in [0.15, 0.2) is 43.9 Å². The van der Waals surface area contributed by atoms with Crippen molar-refractivity contribution in [2.45, 2.75) is 126 Å². The molecule has 26 nitrogen and oxygen atoms in total. The van der Waals surface area contributed by atoms with Crippen LogP contribution in [-0.4, -0.2) is 125 Å². The van der Waals surface area contributed by atoms with Crippen molar-refractivity contribution in [3.63, 3.8) is 0 Å². The normalized spacial score (nSPS) is 31.9. The first-order chi connectivity index (χ1) is 31.5. The summed E-state index contributed by atoms with van der Waals surface area (Å²) < 4.78 is 127. The number of H-pyrrole nitrogens is 2. The zero-order chi connectivity index (χ0) is 47.2. The number of hydrogen-bond acceptors (Lipinski definition) is 22. The van der Waals surface area contributed by atoms with Gasteiger partial charge in [-0.15, -0.1) is 31.7 Å². The van der Waals surface area contributed by atoms with Crippen LogP contribution >= 0.6 is 33.0 Å². The molecule has 0 spiro atoms. The Bertz CT molecular complexity index is 2380. The molecule has 0 aromatic carbocycles. The Morgan fingerprint density at radius 3 is 1.77 bits per heavy atom. The highest BCUT2D eigenvalue weighted by molar-refractivity contribution is 7.34. The number of nitrogens with zero attached hydrogens (tertiary/aromatic N) is 2. The lowest BCUT2D eigenvalue weighted by atomic mass is 10.2. The molecule has 0 bridgehead atoms. The summed E-state index contributed by atoms with van der Waals surface area (Å²) in [5.41, 5.74) is -2.01. The molecule has 5 saturated heterocycles. The van der Waals surface area contributed by atoms with E-state index in [2.05, 4.69) is 16.5 Å². The second kappa shape index (κ2) is 22.9. The summed E-state index contributed by atoms with van der Waals surface area (Å²) in [5.74, 6) is -0.122. The zero-order valence-electron chi connectivity index (χ0n) is 35.8. The molecule has 2 aromatic heterocycles. The Labute approximate surface area is 378 Å². The Kier molecular flexibility index (Phi) is 17.6. The molecule has 30 heteroatoms. The maximum Gasteiger partial charge on any atom is 0.750 e. The smallest absolute Gasteiger partial charge is 0.390 e. The largest absolute Gasteiger partial charge is 0.750 e. The lowest BCUT2D eigenvalue weighted by Crippen LogP contribution is -2.33. The van der Waals surface area contributed by atoms with Gasteiger partial charge >= 0.3 is 44.4 Å². The number of aromatic amines is 2. The van der Waals surface area contributed by atoms with E-state index in [0.717, 1.165) is 4.57 Å². The van der Waals surface area contributed by atoms with Crippen molar-refractivity contribution in [1.29, 1.82) is 0 Å². The standard InChI is InChI=1S/C36H48N4O22P4/c1-18-13-39(35(44)37-33(18)42)30-11-25(20(3)56-30)61-66(49)58-21(4)32-24(7-10-52-32)60-64(47)54-16-28-23(6-9-51-28)59-63(46)55-17-29-26(62-65(48)53-15-27-22(41)5-8-50-27)12-31(57-29)40-14-19(2)34(43)38-36(40)45/h13-14,20,22-32,41H,4-12,15-17H2,1-3H3/q+2/p+2/t20-,22+,23+,24+,25+,26+,27-,28-,29-,30-,31-,32-/m1/s1. The monoisotopic (exact) mass is 1010 g/mol. The summed E-state index contributed by atoms with van der Waals surface area (Å²) in [7, 11) is -11.3. The summed E-state index contributed by atoms with van der Waals surface area (Å²) in [4.78, 5) is 53.1. The summed E-state index contributed by atoms with van der Waals surface area (Å²) >= 11 is 0. The number of rotatable bonds is 22. The van der Waals surface area contributed by atoms with Gasteiger partial charge in [0.1, 0.15) is 68.9 Å². The number of aliphatic hydroxyl groups excluding tert-OH is 1. The summed E-state index contributed by atoms with van der Waals surface area (Å²) in [6.07, 6.45) is -6.63. The highest BCUT2D eigenvalue weighted by atomic mass is 31.1. The van der Waals surface area contributed by atoms with Gasteiger partial charge in [-0.25, -0.2) is 14.1 Å². The van der Waals surface area contributed by atoms with Crippen molar-refractivity contribution in [3.8, 4) is 0 Å². The van der Waals surface area contributed by atoms with Gasteiger partial charge in [0.15, 0.2) is 18.0 Å². The number of nitrogens with one attached hydrogen (secondary N) is 2. The van der Waals surface area contributed by atoms with Crippen molar-refractivity contribution in [2.24, 2.45) is 0 Å². The van der Waals surface area contributed by atoms with Gasteiger partial charge in [0.25, 0.3) is 11.1 Å². The van der Waals surface area contributed by atoms with Crippen LogP contribution in [-0.2, 0) is 78.1 Å². The second-order valence-corrected chi connectivity index (χ2v) is 19.4. The van der Waals surface area contributed by atoms with E-state index < -0.39 is 136 Å². The minimum absolute atomic E-state index is 0.0497. The quantitative estimate of drug-likeness (QED) is 0.113. The van der Waals surface area contributed by atoms with E-state index in [0.29, 0.717) is 18.6 Å². The second-order valence-electron chi connectivity index (χ2n) is 15.8. The highest BCUT2D eigenvalue weighted by Gasteiger charge is 2.49. The fourth-order valence-corrected chi connectivity index (χ4v) is 10.8. The lowest BCUT2D eigenvalue weighted by Gasteiger charge is -2.14. The van der Waals surface area contributed by atoms with Gasteiger partial charge in [-0.2, -0.15) is 0 Å². The van der Waals surface area contributed by atoms with Gasteiger partial charge in [-0.3, -0.25) is 28.7 Å². The molecule has 7 heterocycles. The van der Waals surface area contributed by atoms with Crippen LogP contribution in [0.25, 0.3) is 0 Å². The third-order valence-electron chi connectivity index (χ3n) is 11.2. The van der Waals surface area contributed by atoms with Crippen molar-refractivity contribution in [1.82, 2.24) is 19.1 Å². The van der Waals surface area contributed by atoms with Crippen LogP contribution in [0.2, 0.25) is 0 Å². The first-order valence-electron chi connectivity index (χ1n) is 20.8. The van der Waals surface area contributed by atoms with E-state index >= 15 is 0 Å². The maximum absolute atomic E-state index is 13.1. The maximum atomic E-state index is 13.1. The molecule has 5 fully saturated rings. The topological polar surface area (TPSA) is 318 Å². The van der Waals surface area contributed by atoms with Crippen LogP contribution in [0.3, 0.4) is 0 Å². The van der Waals surface area contributed by atoms with Gasteiger partial charge in [0.2, 0.25) is 0 Å². The summed E-state index contributed by atoms with van der Waals surface area (Å²) in [6.45, 7) is 8.20. The molecule has 7 rings (SSSR count). The molecule has 2 aromatic rings. The van der Waals surface area contributed by atoms with Crippen LogP contribution in [0, 0.1) is 13.8 Å². The predicted molar refractivity (Wildman–Crippen MR) is 222 cm³/mol. The van der Waals surface area contributed by atoms with E-state index in [1.165, 1.54) is 23.9 Å². The molecule has 0 radical (unpaired) electrons. The predicted octanol–water partition coefficient (Wildman–Crippen LogP) is 2.78. The van der Waals surface area contributed by atoms with Crippen molar-refractivity contribution < 1.29 is 83.2 Å². The molecule has 3 N–H and O–H groups in total. The molecule has 4 unspecified atom stereocenters. The average Bonchev–Trinajstić information content (AvgIpc) is 4.12. The molecule has 0 saturated carbocycles. The van der Waals surface area contributed by atoms with Gasteiger partial charge in [0, 0.05) is 80.7 Å². The Morgan fingerprint density at radius 1 is 0.667 bits per heavy atom. The van der Waals surface area contributed by atoms with E-state index in [1.54, 1.807) is 13.8 Å². The lowest BCUT2D eigenvalue weighted by molar-refractivity contribution is -0.0426. The molecule has 16 atom stereocenters. The van der Waals surface area contributed by atoms with Crippen LogP contribution < -0.4 is 22.5 Å². The Morgan fingerprint density at radius 2 is 1.15 bits per heavy atom. The van der Waals surface area contributed by atoms with E-state index in [9.17, 15) is 42.5 Å². The Balaban J connectivity index is 0.854. The SMILES string of the molecule is C=C(O[P+](=O)O[C@H]1C[C@H](n2cc(C)c(=O)[nH]c2=O)O[C@@H]1C)[C@H]1OCC[C@@H]1O[P+](=O)OC[C@H]1OCC[C@@H]1O[P+](=O)OC[C@H]1O[C@@H](n2cc(C)c(=O)[nH]c2=O)C[C@@H]1O[P+](=O)OC[C@H]1OCC[C@@H]1O. The van der Waals surface area contributed by atoms with Gasteiger partial charge in [-0.1, -0.05) is 6.58 Å². The molecular weight excluding hydrogens is 964 g/mol. The van der Waals surface area contributed by atoms with Crippen LogP contribution in [0.1, 0.15) is 62.6 Å². The first-order valence-corrected chi connectivity index (χ1v) is 25.2. The number of aryl methyl sites for hydroxylation is 2. The fourth-order valence-electron chi connectivity index (χ4n) is 7.61. The van der Waals surface area contributed by atoms with Gasteiger partial charge in [-0.05, 0) is 27.2 Å². The van der Waals surface area contributed by atoms with Gasteiger partial charge in [0.05, 0.1) is 18.8 Å². The molecule has 0 amide bonds. The number of aliphatic hydroxyl groups is 1. The molecule has 5 aliphatic heterocycles. The van der Waals surface area contributed by atoms with Gasteiger partial charge < -0.3 is 28.8 Å². The van der Waals surface area contributed by atoms with Crippen molar-refractivity contribution in [3.05, 3.63) is 77.5 Å². The number of aromatic nitrogens is 4. The molecule has 66 heavy (non-hydrogen) atoms. The minimum atomic E-state index is -2.85. The molecule has 362 valence electrons. The van der Waals surface area contributed by atoms with E-state index in [4.69, 9.17) is 59.9 Å². The third-order valence-corrected chi connectivity index (χ3v) is 14.4. The van der Waals surface area contributed by atoms with Crippen molar-refractivity contribution >= 4 is 33.0 Å². The van der Waals surface area contributed by atoms with Crippen molar-refractivity contribution in [2.75, 3.05) is 39.6 Å². The summed E-state index contributed by atoms with van der Waals surface area (Å²) in [6, 6.07) is 0.